The van der Waals surface area contributed by atoms with Crippen molar-refractivity contribution in [2.75, 3.05) is 0 Å². The first-order chi connectivity index (χ1) is 6.75. The lowest BCUT2D eigenvalue weighted by atomic mass is 9.93. The summed E-state index contributed by atoms with van der Waals surface area (Å²) in [6.07, 6.45) is 3.48. The molecule has 0 saturated heterocycles. The normalized spacial score (nSPS) is 16.1. The molecule has 2 rings (SSSR count). The van der Waals surface area contributed by atoms with E-state index >= 15 is 0 Å². The quantitative estimate of drug-likeness (QED) is 0.716. The van der Waals surface area contributed by atoms with Gasteiger partial charge in [0.15, 0.2) is 0 Å². The van der Waals surface area contributed by atoms with Crippen LogP contribution in [0.3, 0.4) is 0 Å². The molecule has 0 aliphatic heterocycles. The summed E-state index contributed by atoms with van der Waals surface area (Å²) in [6.45, 7) is 0. The third kappa shape index (κ3) is 2.10. The van der Waals surface area contributed by atoms with Gasteiger partial charge in [0, 0.05) is 16.5 Å². The number of amides is 1. The smallest absolute Gasteiger partial charge is 0.251 e. The van der Waals surface area contributed by atoms with Gasteiger partial charge in [0.2, 0.25) is 0 Å². The number of nitrogens with one attached hydrogen (secondary N) is 1. The Morgan fingerprint density at radius 2 is 1.93 bits per heavy atom. The molecule has 0 atom stereocenters. The third-order valence-corrected chi connectivity index (χ3v) is 2.87. The summed E-state index contributed by atoms with van der Waals surface area (Å²) in [5.74, 6) is 0.0306. The van der Waals surface area contributed by atoms with E-state index in [1.54, 1.807) is 12.1 Å². The fourth-order valence-corrected chi connectivity index (χ4v) is 1.58. The number of carbonyl (C=O) groups is 1. The van der Waals surface area contributed by atoms with Crippen molar-refractivity contribution in [3.8, 4) is 0 Å². The molecule has 1 aromatic rings. The summed E-state index contributed by atoms with van der Waals surface area (Å²) >= 11 is 4.17. The zero-order valence-electron chi connectivity index (χ0n) is 7.86. The highest BCUT2D eigenvalue weighted by Crippen LogP contribution is 2.18. The van der Waals surface area contributed by atoms with E-state index in [0.29, 0.717) is 6.04 Å². The van der Waals surface area contributed by atoms with Crippen LogP contribution >= 0.6 is 12.6 Å². The Bertz CT molecular complexity index is 330. The van der Waals surface area contributed by atoms with Gasteiger partial charge >= 0.3 is 0 Å². The first-order valence-corrected chi connectivity index (χ1v) is 5.30. The van der Waals surface area contributed by atoms with Gasteiger partial charge in [-0.05, 0) is 43.5 Å². The van der Waals surface area contributed by atoms with Gasteiger partial charge in [-0.15, -0.1) is 12.6 Å². The molecule has 0 unspecified atom stereocenters. The molecule has 0 bridgehead atoms. The van der Waals surface area contributed by atoms with Crippen molar-refractivity contribution in [3.05, 3.63) is 29.8 Å². The average Bonchev–Trinajstić information content (AvgIpc) is 2.12. The average molecular weight is 207 g/mol. The van der Waals surface area contributed by atoms with E-state index in [-0.39, 0.29) is 5.91 Å². The van der Waals surface area contributed by atoms with Gasteiger partial charge in [-0.2, -0.15) is 0 Å². The van der Waals surface area contributed by atoms with Gasteiger partial charge in [-0.1, -0.05) is 0 Å². The lowest BCUT2D eigenvalue weighted by molar-refractivity contribution is 0.0917. The van der Waals surface area contributed by atoms with Crippen LogP contribution < -0.4 is 5.32 Å². The minimum Gasteiger partial charge on any atom is -0.349 e. The molecule has 0 spiro atoms. The molecule has 74 valence electrons. The van der Waals surface area contributed by atoms with Crippen LogP contribution in [0.25, 0.3) is 0 Å². The molecule has 14 heavy (non-hydrogen) atoms. The van der Waals surface area contributed by atoms with Gasteiger partial charge in [0.25, 0.3) is 5.91 Å². The summed E-state index contributed by atoms with van der Waals surface area (Å²) in [4.78, 5) is 12.5. The van der Waals surface area contributed by atoms with Crippen LogP contribution in [-0.4, -0.2) is 11.9 Å². The van der Waals surface area contributed by atoms with Crippen molar-refractivity contribution in [1.82, 2.24) is 5.32 Å². The van der Waals surface area contributed by atoms with Crippen LogP contribution in [0.2, 0.25) is 0 Å². The van der Waals surface area contributed by atoms with Gasteiger partial charge in [-0.3, -0.25) is 4.79 Å². The van der Waals surface area contributed by atoms with E-state index in [2.05, 4.69) is 17.9 Å². The molecular formula is C11H13NOS. The number of thiol groups is 1. The molecule has 0 radical (unpaired) electrons. The van der Waals surface area contributed by atoms with Crippen LogP contribution in [0, 0.1) is 0 Å². The molecule has 0 heterocycles. The summed E-state index contributed by atoms with van der Waals surface area (Å²) < 4.78 is 0. The van der Waals surface area contributed by atoms with Crippen molar-refractivity contribution >= 4 is 18.5 Å². The number of carbonyl (C=O) groups excluding carboxylic acids is 1. The van der Waals surface area contributed by atoms with Crippen LogP contribution in [0.5, 0.6) is 0 Å². The molecule has 2 nitrogen and oxygen atoms in total. The van der Waals surface area contributed by atoms with Crippen LogP contribution in [0.15, 0.2) is 29.2 Å². The Labute approximate surface area is 89.1 Å². The maximum absolute atomic E-state index is 11.6. The molecular weight excluding hydrogens is 194 g/mol. The van der Waals surface area contributed by atoms with Gasteiger partial charge in [0.1, 0.15) is 0 Å². The number of rotatable bonds is 2. The van der Waals surface area contributed by atoms with E-state index in [1.165, 1.54) is 6.42 Å². The molecule has 1 N–H and O–H groups in total. The topological polar surface area (TPSA) is 29.1 Å². The van der Waals surface area contributed by atoms with Gasteiger partial charge in [-0.25, -0.2) is 0 Å². The van der Waals surface area contributed by atoms with Gasteiger partial charge < -0.3 is 5.32 Å². The monoisotopic (exact) mass is 207 g/mol. The third-order valence-electron chi connectivity index (χ3n) is 2.57. The number of hydrogen-bond acceptors (Lipinski definition) is 2. The Morgan fingerprint density at radius 1 is 1.29 bits per heavy atom. The van der Waals surface area contributed by atoms with E-state index < -0.39 is 0 Å². The minimum absolute atomic E-state index is 0.0306. The zero-order valence-corrected chi connectivity index (χ0v) is 8.76. The van der Waals surface area contributed by atoms with E-state index in [9.17, 15) is 4.79 Å². The summed E-state index contributed by atoms with van der Waals surface area (Å²) in [7, 11) is 0. The minimum atomic E-state index is 0.0306. The molecule has 1 aliphatic rings. The van der Waals surface area contributed by atoms with E-state index in [0.717, 1.165) is 23.3 Å². The summed E-state index contributed by atoms with van der Waals surface area (Å²) in [6, 6.07) is 7.67. The predicted octanol–water partition coefficient (Wildman–Crippen LogP) is 2.26. The van der Waals surface area contributed by atoms with E-state index in [1.807, 2.05) is 12.1 Å². The Kier molecular flexibility index (Phi) is 2.77. The zero-order chi connectivity index (χ0) is 9.97. The highest BCUT2D eigenvalue weighted by molar-refractivity contribution is 7.80. The molecule has 1 fully saturated rings. The molecule has 3 heteroatoms. The second-order valence-electron chi connectivity index (χ2n) is 3.65. The Morgan fingerprint density at radius 3 is 2.43 bits per heavy atom. The Hall–Kier alpha value is -0.960. The predicted molar refractivity (Wildman–Crippen MR) is 58.8 cm³/mol. The fourth-order valence-electron chi connectivity index (χ4n) is 1.43. The summed E-state index contributed by atoms with van der Waals surface area (Å²) in [5, 5.41) is 2.99. The van der Waals surface area contributed by atoms with Crippen LogP contribution in [0.1, 0.15) is 29.6 Å². The standard InChI is InChI=1S/C11H13NOS/c13-11(12-9-2-1-3-9)8-4-6-10(14)7-5-8/h4-7,9,14H,1-3H2,(H,12,13). The fraction of sp³-hybridized carbons (Fsp3) is 0.364. The largest absolute Gasteiger partial charge is 0.349 e. The molecule has 1 aliphatic carbocycles. The van der Waals surface area contributed by atoms with Crippen molar-refractivity contribution in [3.63, 3.8) is 0 Å². The molecule has 1 saturated carbocycles. The van der Waals surface area contributed by atoms with Crippen LogP contribution in [0.4, 0.5) is 0 Å². The summed E-state index contributed by atoms with van der Waals surface area (Å²) in [5.41, 5.74) is 0.717. The van der Waals surface area contributed by atoms with Crippen molar-refractivity contribution in [2.45, 2.75) is 30.2 Å². The van der Waals surface area contributed by atoms with Crippen LogP contribution in [-0.2, 0) is 0 Å². The first-order valence-electron chi connectivity index (χ1n) is 4.85. The molecule has 1 amide bonds. The maximum Gasteiger partial charge on any atom is 0.251 e. The van der Waals surface area contributed by atoms with Gasteiger partial charge in [0.05, 0.1) is 0 Å². The molecule has 1 aromatic carbocycles. The number of benzene rings is 1. The van der Waals surface area contributed by atoms with Crippen molar-refractivity contribution in [1.29, 1.82) is 0 Å². The highest BCUT2D eigenvalue weighted by atomic mass is 32.1. The lowest BCUT2D eigenvalue weighted by Crippen LogP contribution is -2.39. The highest BCUT2D eigenvalue weighted by Gasteiger charge is 2.19. The van der Waals surface area contributed by atoms with Crippen molar-refractivity contribution in [2.24, 2.45) is 0 Å². The second kappa shape index (κ2) is 4.05. The Balaban J connectivity index is 1.99. The van der Waals surface area contributed by atoms with Crippen molar-refractivity contribution < 1.29 is 4.79 Å². The van der Waals surface area contributed by atoms with E-state index in [4.69, 9.17) is 0 Å². The number of hydrogen-bond donors (Lipinski definition) is 2. The molecule has 0 aromatic heterocycles. The lowest BCUT2D eigenvalue weighted by Gasteiger charge is -2.26. The first kappa shape index (κ1) is 9.59. The SMILES string of the molecule is O=C(NC1CCC1)c1ccc(S)cc1. The second-order valence-corrected chi connectivity index (χ2v) is 4.16. The maximum atomic E-state index is 11.6.